The maximum absolute atomic E-state index is 11.7. The third-order valence-corrected chi connectivity index (χ3v) is 5.22. The second-order valence-corrected chi connectivity index (χ2v) is 6.66. The van der Waals surface area contributed by atoms with Gasteiger partial charge in [-0.2, -0.15) is 0 Å². The summed E-state index contributed by atoms with van der Waals surface area (Å²) in [4.78, 5) is 12.5. The first-order valence-electron chi connectivity index (χ1n) is 7.68. The lowest BCUT2D eigenvalue weighted by molar-refractivity contribution is -0.141. The molecule has 0 aliphatic rings. The highest BCUT2D eigenvalue weighted by atomic mass is 32.1. The smallest absolute Gasteiger partial charge is 0.314 e. The number of aliphatic hydroxyl groups is 1. The Hall–Kier alpha value is -2.43. The number of hydrogen-bond donors (Lipinski definition) is 2. The first-order valence-corrected chi connectivity index (χ1v) is 8.56. The number of hydrogen-bond acceptors (Lipinski definition) is 3. The molecule has 0 saturated carbocycles. The van der Waals surface area contributed by atoms with Gasteiger partial charge in [-0.1, -0.05) is 54.6 Å². The van der Waals surface area contributed by atoms with Gasteiger partial charge in [-0.15, -0.1) is 11.3 Å². The van der Waals surface area contributed by atoms with E-state index < -0.39 is 18.0 Å². The van der Waals surface area contributed by atoms with Gasteiger partial charge in [-0.05, 0) is 40.6 Å². The van der Waals surface area contributed by atoms with E-state index in [1.807, 2.05) is 60.8 Å². The average Bonchev–Trinajstić information content (AvgIpc) is 3.02. The molecule has 3 nitrogen and oxygen atoms in total. The molecule has 0 amide bonds. The lowest BCUT2D eigenvalue weighted by Crippen LogP contribution is -2.19. The van der Waals surface area contributed by atoms with Gasteiger partial charge in [0.25, 0.3) is 0 Å². The molecule has 0 radical (unpaired) electrons. The first-order chi connectivity index (χ1) is 11.6. The Morgan fingerprint density at radius 1 is 0.958 bits per heavy atom. The van der Waals surface area contributed by atoms with Gasteiger partial charge < -0.3 is 10.2 Å². The van der Waals surface area contributed by atoms with Crippen LogP contribution in [0.1, 0.15) is 28.0 Å². The molecule has 1 heterocycles. The molecule has 0 unspecified atom stereocenters. The number of benzene rings is 2. The summed E-state index contributed by atoms with van der Waals surface area (Å²) in [6, 6.07) is 19.2. The van der Waals surface area contributed by atoms with Crippen LogP contribution >= 0.6 is 11.3 Å². The van der Waals surface area contributed by atoms with Crippen molar-refractivity contribution in [2.75, 3.05) is 0 Å². The van der Waals surface area contributed by atoms with Gasteiger partial charge in [0, 0.05) is 4.88 Å². The summed E-state index contributed by atoms with van der Waals surface area (Å²) in [6.45, 7) is 1.88. The lowest BCUT2D eigenvalue weighted by atomic mass is 9.90. The number of aliphatic hydroxyl groups excluding tert-OH is 1. The van der Waals surface area contributed by atoms with Crippen LogP contribution in [-0.2, 0) is 4.79 Å². The van der Waals surface area contributed by atoms with Crippen molar-refractivity contribution < 1.29 is 15.0 Å². The van der Waals surface area contributed by atoms with Crippen LogP contribution in [0.25, 0.3) is 11.1 Å². The Labute approximate surface area is 144 Å². The molecule has 3 aromatic rings. The summed E-state index contributed by atoms with van der Waals surface area (Å²) < 4.78 is 0. The summed E-state index contributed by atoms with van der Waals surface area (Å²) in [6.07, 6.45) is -1.05. The second-order valence-electron chi connectivity index (χ2n) is 5.72. The summed E-state index contributed by atoms with van der Waals surface area (Å²) >= 11 is 1.38. The maximum atomic E-state index is 11.7. The van der Waals surface area contributed by atoms with Crippen molar-refractivity contribution >= 4 is 17.3 Å². The molecule has 0 spiro atoms. The molecule has 0 aliphatic carbocycles. The Morgan fingerprint density at radius 2 is 1.58 bits per heavy atom. The van der Waals surface area contributed by atoms with Gasteiger partial charge >= 0.3 is 5.97 Å². The molecule has 1 aromatic heterocycles. The molecule has 4 heteroatoms. The number of aliphatic carboxylic acids is 1. The van der Waals surface area contributed by atoms with Gasteiger partial charge in [0.1, 0.15) is 12.0 Å². The van der Waals surface area contributed by atoms with E-state index in [0.717, 1.165) is 16.7 Å². The van der Waals surface area contributed by atoms with Gasteiger partial charge in [0.2, 0.25) is 0 Å². The summed E-state index contributed by atoms with van der Waals surface area (Å²) in [5.41, 5.74) is 3.61. The van der Waals surface area contributed by atoms with E-state index in [-0.39, 0.29) is 0 Å². The van der Waals surface area contributed by atoms with E-state index in [9.17, 15) is 15.0 Å². The summed E-state index contributed by atoms with van der Waals surface area (Å²) in [7, 11) is 0. The van der Waals surface area contributed by atoms with Crippen LogP contribution in [-0.4, -0.2) is 16.2 Å². The van der Waals surface area contributed by atoms with E-state index in [4.69, 9.17) is 0 Å². The van der Waals surface area contributed by atoms with Crippen LogP contribution in [0.4, 0.5) is 0 Å². The minimum Gasteiger partial charge on any atom is -0.481 e. The topological polar surface area (TPSA) is 57.5 Å². The van der Waals surface area contributed by atoms with Gasteiger partial charge in [0.15, 0.2) is 0 Å². The third kappa shape index (κ3) is 3.25. The quantitative estimate of drug-likeness (QED) is 0.713. The van der Waals surface area contributed by atoms with Crippen molar-refractivity contribution in [1.82, 2.24) is 0 Å². The highest BCUT2D eigenvalue weighted by Gasteiger charge is 2.31. The van der Waals surface area contributed by atoms with Crippen LogP contribution < -0.4 is 0 Å². The SMILES string of the molecule is Cc1ccsc1[C@@H](O)[C@H](C(=O)O)c1ccc(-c2ccccc2)cc1. The maximum Gasteiger partial charge on any atom is 0.314 e. The van der Waals surface area contributed by atoms with Crippen LogP contribution in [0.15, 0.2) is 66.0 Å². The van der Waals surface area contributed by atoms with Crippen molar-refractivity contribution in [2.24, 2.45) is 0 Å². The standard InChI is InChI=1S/C20H18O3S/c1-13-11-12-24-19(13)18(21)17(20(22)23)16-9-7-15(8-10-16)14-5-3-2-4-6-14/h2-12,17-18,21H,1H3,(H,22,23)/t17-,18+/m1/s1. The monoisotopic (exact) mass is 338 g/mol. The molecule has 122 valence electrons. The zero-order valence-corrected chi connectivity index (χ0v) is 14.0. The molecule has 0 fully saturated rings. The Kier molecular flexibility index (Phi) is 4.79. The third-order valence-electron chi connectivity index (χ3n) is 4.13. The highest BCUT2D eigenvalue weighted by Crippen LogP contribution is 2.36. The second kappa shape index (κ2) is 6.99. The fourth-order valence-electron chi connectivity index (χ4n) is 2.81. The number of carboxylic acid groups (broad SMARTS) is 1. The number of carbonyl (C=O) groups is 1. The van der Waals surface area contributed by atoms with Crippen molar-refractivity contribution in [3.8, 4) is 11.1 Å². The van der Waals surface area contributed by atoms with E-state index in [1.54, 1.807) is 12.1 Å². The molecule has 3 rings (SSSR count). The van der Waals surface area contributed by atoms with Gasteiger partial charge in [0.05, 0.1) is 0 Å². The number of thiophene rings is 1. The predicted octanol–water partition coefficient (Wildman–Crippen LogP) is 4.63. The van der Waals surface area contributed by atoms with E-state index >= 15 is 0 Å². The van der Waals surface area contributed by atoms with Crippen molar-refractivity contribution in [3.05, 3.63) is 82.0 Å². The molecule has 0 bridgehead atoms. The van der Waals surface area contributed by atoms with E-state index in [0.29, 0.717) is 10.4 Å². The number of carboxylic acids is 1. The highest BCUT2D eigenvalue weighted by molar-refractivity contribution is 7.10. The van der Waals surface area contributed by atoms with Crippen molar-refractivity contribution in [2.45, 2.75) is 18.9 Å². The van der Waals surface area contributed by atoms with Crippen molar-refractivity contribution in [3.63, 3.8) is 0 Å². The minimum absolute atomic E-state index is 0.600. The largest absolute Gasteiger partial charge is 0.481 e. The molecular formula is C20H18O3S. The van der Waals surface area contributed by atoms with Gasteiger partial charge in [-0.25, -0.2) is 0 Å². The van der Waals surface area contributed by atoms with Gasteiger partial charge in [-0.3, -0.25) is 4.79 Å². The lowest BCUT2D eigenvalue weighted by Gasteiger charge is -2.20. The Bertz CT molecular complexity index is 822. The normalized spacial score (nSPS) is 13.4. The predicted molar refractivity (Wildman–Crippen MR) is 96.3 cm³/mol. The fraction of sp³-hybridized carbons (Fsp3) is 0.150. The zero-order valence-electron chi connectivity index (χ0n) is 13.2. The van der Waals surface area contributed by atoms with Crippen LogP contribution in [0.2, 0.25) is 0 Å². The molecule has 0 aliphatic heterocycles. The molecule has 2 aromatic carbocycles. The number of rotatable bonds is 5. The molecule has 0 saturated heterocycles. The minimum atomic E-state index is -1.05. The molecule has 24 heavy (non-hydrogen) atoms. The Balaban J connectivity index is 1.92. The molecule has 2 atom stereocenters. The van der Waals surface area contributed by atoms with E-state index in [2.05, 4.69) is 0 Å². The van der Waals surface area contributed by atoms with Crippen LogP contribution in [0.3, 0.4) is 0 Å². The molecular weight excluding hydrogens is 320 g/mol. The van der Waals surface area contributed by atoms with E-state index in [1.165, 1.54) is 11.3 Å². The summed E-state index contributed by atoms with van der Waals surface area (Å²) in [5.74, 6) is -2.00. The summed E-state index contributed by atoms with van der Waals surface area (Å²) in [5, 5.41) is 22.1. The zero-order chi connectivity index (χ0) is 17.1. The Morgan fingerprint density at radius 3 is 2.12 bits per heavy atom. The fourth-order valence-corrected chi connectivity index (χ4v) is 3.76. The number of aryl methyl sites for hydroxylation is 1. The van der Waals surface area contributed by atoms with Crippen LogP contribution in [0.5, 0.6) is 0 Å². The molecule has 2 N–H and O–H groups in total. The average molecular weight is 338 g/mol. The first kappa shape index (κ1) is 16.4. The van der Waals surface area contributed by atoms with Crippen LogP contribution in [0, 0.1) is 6.92 Å². The van der Waals surface area contributed by atoms with Crippen molar-refractivity contribution in [1.29, 1.82) is 0 Å².